The summed E-state index contributed by atoms with van der Waals surface area (Å²) in [6.07, 6.45) is 3.51. The molecule has 0 radical (unpaired) electrons. The Balaban J connectivity index is 1.81. The number of hydrogen-bond donors (Lipinski definition) is 0. The highest BCUT2D eigenvalue weighted by atomic mass is 16.5. The first-order chi connectivity index (χ1) is 12.4. The second-order valence-corrected chi connectivity index (χ2v) is 7.20. The number of carboxylic acids is 1. The van der Waals surface area contributed by atoms with Gasteiger partial charge in [-0.15, -0.1) is 6.58 Å². The highest BCUT2D eigenvalue weighted by Gasteiger charge is 2.69. The lowest BCUT2D eigenvalue weighted by Gasteiger charge is -2.33. The van der Waals surface area contributed by atoms with Crippen LogP contribution < -0.4 is 14.7 Å². The van der Waals surface area contributed by atoms with Gasteiger partial charge in [0.1, 0.15) is 11.4 Å². The minimum Gasteiger partial charge on any atom is -0.550 e. The molecule has 6 nitrogen and oxygen atoms in total. The number of amides is 1. The van der Waals surface area contributed by atoms with Crippen LogP contribution in [0.3, 0.4) is 0 Å². The third-order valence-electron chi connectivity index (χ3n) is 5.59. The van der Waals surface area contributed by atoms with Crippen LogP contribution >= 0.6 is 0 Å². The molecule has 0 unspecified atom stereocenters. The average Bonchev–Trinajstić information content (AvgIpc) is 3.24. The largest absolute Gasteiger partial charge is 0.550 e. The Morgan fingerprint density at radius 1 is 1.38 bits per heavy atom. The first kappa shape index (κ1) is 16.8. The molecule has 0 N–H and O–H groups in total. The molecule has 1 spiro atoms. The maximum atomic E-state index is 13.3. The van der Waals surface area contributed by atoms with Gasteiger partial charge in [-0.25, -0.2) is 0 Å². The SMILES string of the molecule is C=C(C)C[C@H]1N(c2ccc(OC)cc2)C(=O)[C@@H]2[C@@H](C(=O)[O-])[C@@H]3C=C[C@]21O3. The Bertz CT molecular complexity index is 814. The predicted octanol–water partition coefficient (Wildman–Crippen LogP) is 1.07. The van der Waals surface area contributed by atoms with Crippen LogP contribution in [0, 0.1) is 11.8 Å². The van der Waals surface area contributed by atoms with Crippen molar-refractivity contribution >= 4 is 17.6 Å². The number of carbonyl (C=O) groups is 2. The molecule has 2 bridgehead atoms. The van der Waals surface area contributed by atoms with Gasteiger partial charge in [-0.1, -0.05) is 17.7 Å². The monoisotopic (exact) mass is 354 g/mol. The van der Waals surface area contributed by atoms with E-state index in [0.29, 0.717) is 17.9 Å². The van der Waals surface area contributed by atoms with Crippen LogP contribution in [0.4, 0.5) is 5.69 Å². The average molecular weight is 354 g/mol. The smallest absolute Gasteiger partial charge is 0.234 e. The van der Waals surface area contributed by atoms with Gasteiger partial charge < -0.3 is 24.3 Å². The quantitative estimate of drug-likeness (QED) is 0.739. The molecule has 2 saturated heterocycles. The normalized spacial score (nSPS) is 34.2. The Labute approximate surface area is 151 Å². The molecule has 26 heavy (non-hydrogen) atoms. The number of nitrogens with zero attached hydrogens (tertiary/aromatic N) is 1. The van der Waals surface area contributed by atoms with Crippen LogP contribution in [0.2, 0.25) is 0 Å². The summed E-state index contributed by atoms with van der Waals surface area (Å²) in [4.78, 5) is 26.6. The van der Waals surface area contributed by atoms with Crippen molar-refractivity contribution in [1.82, 2.24) is 0 Å². The third-order valence-corrected chi connectivity index (χ3v) is 5.59. The second-order valence-electron chi connectivity index (χ2n) is 7.20. The molecule has 0 aliphatic carbocycles. The fourth-order valence-corrected chi connectivity index (χ4v) is 4.55. The van der Waals surface area contributed by atoms with Crippen molar-refractivity contribution in [2.75, 3.05) is 12.0 Å². The maximum absolute atomic E-state index is 13.3. The number of carbonyl (C=O) groups excluding carboxylic acids is 2. The summed E-state index contributed by atoms with van der Waals surface area (Å²) in [5.41, 5.74) is 0.628. The van der Waals surface area contributed by atoms with E-state index in [1.165, 1.54) is 0 Å². The molecule has 3 aliphatic heterocycles. The number of anilines is 1. The zero-order valence-corrected chi connectivity index (χ0v) is 14.7. The van der Waals surface area contributed by atoms with E-state index in [9.17, 15) is 14.7 Å². The fourth-order valence-electron chi connectivity index (χ4n) is 4.55. The van der Waals surface area contributed by atoms with Gasteiger partial charge in [0.2, 0.25) is 5.91 Å². The van der Waals surface area contributed by atoms with Gasteiger partial charge in [0.05, 0.1) is 25.2 Å². The number of aliphatic carboxylic acids is 1. The Kier molecular flexibility index (Phi) is 3.70. The molecule has 1 amide bonds. The summed E-state index contributed by atoms with van der Waals surface area (Å²) in [5, 5.41) is 11.7. The minimum absolute atomic E-state index is 0.248. The van der Waals surface area contributed by atoms with E-state index in [1.54, 1.807) is 42.4 Å². The van der Waals surface area contributed by atoms with Crippen molar-refractivity contribution in [1.29, 1.82) is 0 Å². The Hall–Kier alpha value is -2.60. The van der Waals surface area contributed by atoms with Crippen LogP contribution in [0.1, 0.15) is 13.3 Å². The summed E-state index contributed by atoms with van der Waals surface area (Å²) < 4.78 is 11.3. The van der Waals surface area contributed by atoms with Gasteiger partial charge >= 0.3 is 0 Å². The summed E-state index contributed by atoms with van der Waals surface area (Å²) in [6, 6.07) is 6.79. The van der Waals surface area contributed by atoms with Gasteiger partial charge in [-0.2, -0.15) is 0 Å². The molecule has 1 aromatic carbocycles. The van der Waals surface area contributed by atoms with E-state index < -0.39 is 29.5 Å². The van der Waals surface area contributed by atoms with Gasteiger partial charge in [0, 0.05) is 17.6 Å². The van der Waals surface area contributed by atoms with Crippen molar-refractivity contribution in [3.8, 4) is 5.75 Å². The molecular weight excluding hydrogens is 334 g/mol. The highest BCUT2D eigenvalue weighted by Crippen LogP contribution is 2.56. The van der Waals surface area contributed by atoms with Crippen molar-refractivity contribution in [3.05, 3.63) is 48.6 Å². The zero-order valence-electron chi connectivity index (χ0n) is 14.7. The van der Waals surface area contributed by atoms with Crippen LogP contribution in [0.25, 0.3) is 0 Å². The summed E-state index contributed by atoms with van der Waals surface area (Å²) in [7, 11) is 1.57. The van der Waals surface area contributed by atoms with E-state index in [2.05, 4.69) is 6.58 Å². The van der Waals surface area contributed by atoms with Crippen LogP contribution in [0.5, 0.6) is 5.75 Å². The van der Waals surface area contributed by atoms with Crippen molar-refractivity contribution < 1.29 is 24.2 Å². The number of benzene rings is 1. The van der Waals surface area contributed by atoms with E-state index in [1.807, 2.05) is 13.0 Å². The van der Waals surface area contributed by atoms with Crippen LogP contribution in [-0.2, 0) is 14.3 Å². The van der Waals surface area contributed by atoms with Crippen LogP contribution in [0.15, 0.2) is 48.6 Å². The second kappa shape index (κ2) is 5.71. The molecule has 2 fully saturated rings. The van der Waals surface area contributed by atoms with Gasteiger partial charge in [-0.05, 0) is 37.6 Å². The lowest BCUT2D eigenvalue weighted by Crippen LogP contribution is -2.46. The fraction of sp³-hybridized carbons (Fsp3) is 0.400. The number of fused-ring (bicyclic) bond motifs is 1. The first-order valence-corrected chi connectivity index (χ1v) is 8.58. The predicted molar refractivity (Wildman–Crippen MR) is 92.4 cm³/mol. The van der Waals surface area contributed by atoms with Crippen LogP contribution in [-0.4, -0.2) is 36.7 Å². The zero-order chi connectivity index (χ0) is 18.6. The van der Waals surface area contributed by atoms with Crippen molar-refractivity contribution in [3.63, 3.8) is 0 Å². The first-order valence-electron chi connectivity index (χ1n) is 8.58. The van der Waals surface area contributed by atoms with Gasteiger partial charge in [-0.3, -0.25) is 4.79 Å². The topological polar surface area (TPSA) is 78.9 Å². The Morgan fingerprint density at radius 3 is 2.65 bits per heavy atom. The van der Waals surface area contributed by atoms with E-state index in [4.69, 9.17) is 9.47 Å². The van der Waals surface area contributed by atoms with E-state index in [-0.39, 0.29) is 11.9 Å². The molecule has 6 heteroatoms. The molecular formula is C20H20NO5-. The third kappa shape index (κ3) is 2.15. The summed E-state index contributed by atoms with van der Waals surface area (Å²) in [5.74, 6) is -2.56. The summed E-state index contributed by atoms with van der Waals surface area (Å²) >= 11 is 0. The van der Waals surface area contributed by atoms with Gasteiger partial charge in [0.15, 0.2) is 0 Å². The molecule has 3 heterocycles. The maximum Gasteiger partial charge on any atom is 0.234 e. The lowest BCUT2D eigenvalue weighted by molar-refractivity contribution is -0.313. The standard InChI is InChI=1S/C20H21NO5/c1-11(2)10-15-20-9-8-14(26-20)16(19(23)24)17(20)18(22)21(15)12-4-6-13(25-3)7-5-12/h4-9,14-17H,1,10H2,2-3H3,(H,23,24)/p-1/t14-,15+,16-,17-,20+/m0/s1. The van der Waals surface area contributed by atoms with Gasteiger partial charge in [0.25, 0.3) is 0 Å². The number of carboxylic acid groups (broad SMARTS) is 1. The number of rotatable bonds is 5. The van der Waals surface area contributed by atoms with E-state index in [0.717, 1.165) is 5.57 Å². The Morgan fingerprint density at radius 2 is 2.08 bits per heavy atom. The van der Waals surface area contributed by atoms with E-state index >= 15 is 0 Å². The molecule has 3 aliphatic rings. The molecule has 136 valence electrons. The lowest BCUT2D eigenvalue weighted by atomic mass is 9.74. The molecule has 0 saturated carbocycles. The van der Waals surface area contributed by atoms with Crippen molar-refractivity contribution in [2.45, 2.75) is 31.1 Å². The molecule has 5 atom stereocenters. The van der Waals surface area contributed by atoms with Crippen molar-refractivity contribution in [2.24, 2.45) is 11.8 Å². The minimum atomic E-state index is -1.25. The molecule has 0 aromatic heterocycles. The number of hydrogen-bond acceptors (Lipinski definition) is 5. The molecule has 4 rings (SSSR count). The summed E-state index contributed by atoms with van der Waals surface area (Å²) in [6.45, 7) is 5.87. The highest BCUT2D eigenvalue weighted by molar-refractivity contribution is 6.03. The number of ether oxygens (including phenoxy) is 2. The molecule has 1 aromatic rings. The number of methoxy groups -OCH3 is 1.